The molecule has 2 bridgehead atoms. The summed E-state index contributed by atoms with van der Waals surface area (Å²) in [6.07, 6.45) is 9.09. The molecule has 0 unspecified atom stereocenters. The Bertz CT molecular complexity index is 286. The lowest BCUT2D eigenvalue weighted by Gasteiger charge is -2.47. The topological polar surface area (TPSA) is 40.5 Å². The van der Waals surface area contributed by atoms with Gasteiger partial charge >= 0.3 is 0 Å². The van der Waals surface area contributed by atoms with E-state index in [-0.39, 0.29) is 24.0 Å². The molecule has 0 radical (unpaired) electrons. The van der Waals surface area contributed by atoms with E-state index in [9.17, 15) is 10.2 Å². The van der Waals surface area contributed by atoms with Crippen LogP contribution < -0.4 is 0 Å². The number of hydrogen-bond donors (Lipinski definition) is 2. The standard InChI is InChI=1S/C12H18O2/c13-7-11-4-1-5-12(11,8-14)10-3-2-9(11)6-10/h1,4,9-10,13-14H,2-3,5-8H2/t9-,10+,11-,12+/m1/s1. The van der Waals surface area contributed by atoms with Gasteiger partial charge in [0.05, 0.1) is 13.2 Å². The van der Waals surface area contributed by atoms with Gasteiger partial charge in [-0.15, -0.1) is 0 Å². The Morgan fingerprint density at radius 1 is 1.14 bits per heavy atom. The molecular formula is C12H18O2. The van der Waals surface area contributed by atoms with Crippen molar-refractivity contribution in [1.82, 2.24) is 0 Å². The van der Waals surface area contributed by atoms with Gasteiger partial charge in [0, 0.05) is 10.8 Å². The second kappa shape index (κ2) is 2.61. The van der Waals surface area contributed by atoms with Crippen molar-refractivity contribution in [2.24, 2.45) is 22.7 Å². The molecule has 0 heterocycles. The van der Waals surface area contributed by atoms with E-state index in [1.807, 2.05) is 0 Å². The highest BCUT2D eigenvalue weighted by Gasteiger charge is 2.66. The van der Waals surface area contributed by atoms with Gasteiger partial charge in [0.15, 0.2) is 0 Å². The Kier molecular flexibility index (Phi) is 1.67. The van der Waals surface area contributed by atoms with Crippen LogP contribution in [0.5, 0.6) is 0 Å². The lowest BCUT2D eigenvalue weighted by molar-refractivity contribution is -0.0526. The van der Waals surface area contributed by atoms with E-state index in [0.29, 0.717) is 11.8 Å². The van der Waals surface area contributed by atoms with Crippen LogP contribution >= 0.6 is 0 Å². The lowest BCUT2D eigenvalue weighted by Crippen LogP contribution is -2.47. The first-order chi connectivity index (χ1) is 6.79. The van der Waals surface area contributed by atoms with Crippen LogP contribution in [-0.2, 0) is 0 Å². The highest BCUT2D eigenvalue weighted by atomic mass is 16.3. The van der Waals surface area contributed by atoms with Gasteiger partial charge < -0.3 is 10.2 Å². The second-order valence-electron chi connectivity index (χ2n) is 5.33. The molecule has 2 heteroatoms. The molecule has 2 saturated carbocycles. The Morgan fingerprint density at radius 2 is 1.93 bits per heavy atom. The van der Waals surface area contributed by atoms with Gasteiger partial charge in [-0.3, -0.25) is 0 Å². The molecule has 3 rings (SSSR count). The summed E-state index contributed by atoms with van der Waals surface area (Å²) in [7, 11) is 0. The van der Waals surface area contributed by atoms with Gasteiger partial charge in [-0.2, -0.15) is 0 Å². The number of rotatable bonds is 2. The van der Waals surface area contributed by atoms with E-state index in [1.54, 1.807) is 0 Å². The van der Waals surface area contributed by atoms with Gasteiger partial charge in [0.1, 0.15) is 0 Å². The Hall–Kier alpha value is -0.340. The quantitative estimate of drug-likeness (QED) is 0.651. The molecule has 2 N–H and O–H groups in total. The van der Waals surface area contributed by atoms with Crippen molar-refractivity contribution < 1.29 is 10.2 Å². The molecule has 0 saturated heterocycles. The molecule has 0 amide bonds. The van der Waals surface area contributed by atoms with Crippen molar-refractivity contribution in [3.63, 3.8) is 0 Å². The first kappa shape index (κ1) is 8.93. The van der Waals surface area contributed by atoms with Crippen LogP contribution in [0.3, 0.4) is 0 Å². The van der Waals surface area contributed by atoms with Crippen molar-refractivity contribution in [2.45, 2.75) is 25.7 Å². The molecule has 3 aliphatic rings. The Balaban J connectivity index is 2.10. The van der Waals surface area contributed by atoms with Crippen molar-refractivity contribution in [2.75, 3.05) is 13.2 Å². The molecule has 0 spiro atoms. The molecular weight excluding hydrogens is 176 g/mol. The number of fused-ring (bicyclic) bond motifs is 5. The van der Waals surface area contributed by atoms with Crippen molar-refractivity contribution in [3.8, 4) is 0 Å². The normalized spacial score (nSPS) is 54.1. The molecule has 2 nitrogen and oxygen atoms in total. The smallest absolute Gasteiger partial charge is 0.0531 e. The van der Waals surface area contributed by atoms with Crippen molar-refractivity contribution >= 4 is 0 Å². The summed E-state index contributed by atoms with van der Waals surface area (Å²) < 4.78 is 0. The van der Waals surface area contributed by atoms with E-state index in [2.05, 4.69) is 12.2 Å². The van der Waals surface area contributed by atoms with Crippen LogP contribution in [0.25, 0.3) is 0 Å². The number of aliphatic hydroxyl groups excluding tert-OH is 2. The monoisotopic (exact) mass is 194 g/mol. The van der Waals surface area contributed by atoms with Gasteiger partial charge in [0.25, 0.3) is 0 Å². The fourth-order valence-electron chi connectivity index (χ4n) is 4.56. The summed E-state index contributed by atoms with van der Waals surface area (Å²) in [5.41, 5.74) is -0.0602. The van der Waals surface area contributed by atoms with Gasteiger partial charge in [-0.25, -0.2) is 0 Å². The predicted molar refractivity (Wildman–Crippen MR) is 53.6 cm³/mol. The van der Waals surface area contributed by atoms with Gasteiger partial charge in [-0.05, 0) is 37.5 Å². The second-order valence-corrected chi connectivity index (χ2v) is 5.33. The summed E-state index contributed by atoms with van der Waals surface area (Å²) in [6, 6.07) is 0. The minimum absolute atomic E-state index is 0.00463. The zero-order chi connectivity index (χ0) is 9.81. The zero-order valence-electron chi connectivity index (χ0n) is 8.45. The summed E-state index contributed by atoms with van der Waals surface area (Å²) >= 11 is 0. The van der Waals surface area contributed by atoms with Crippen LogP contribution in [-0.4, -0.2) is 23.4 Å². The molecule has 0 aromatic rings. The van der Waals surface area contributed by atoms with E-state index >= 15 is 0 Å². The summed E-state index contributed by atoms with van der Waals surface area (Å²) in [5.74, 6) is 1.28. The number of allylic oxidation sites excluding steroid dienone is 1. The molecule has 3 aliphatic carbocycles. The largest absolute Gasteiger partial charge is 0.396 e. The van der Waals surface area contributed by atoms with Gasteiger partial charge in [-0.1, -0.05) is 12.2 Å². The highest BCUT2D eigenvalue weighted by molar-refractivity contribution is 5.27. The molecule has 0 aromatic heterocycles. The third-order valence-corrected chi connectivity index (χ3v) is 5.31. The van der Waals surface area contributed by atoms with Gasteiger partial charge in [0.2, 0.25) is 0 Å². The highest BCUT2D eigenvalue weighted by Crippen LogP contribution is 2.70. The zero-order valence-corrected chi connectivity index (χ0v) is 8.45. The molecule has 0 aliphatic heterocycles. The minimum atomic E-state index is -0.0648. The van der Waals surface area contributed by atoms with Crippen molar-refractivity contribution in [3.05, 3.63) is 12.2 Å². The van der Waals surface area contributed by atoms with Crippen LogP contribution in [0.2, 0.25) is 0 Å². The van der Waals surface area contributed by atoms with E-state index in [0.717, 1.165) is 6.42 Å². The van der Waals surface area contributed by atoms with Crippen LogP contribution in [0.1, 0.15) is 25.7 Å². The van der Waals surface area contributed by atoms with Crippen molar-refractivity contribution in [1.29, 1.82) is 0 Å². The van der Waals surface area contributed by atoms with Crippen LogP contribution in [0.15, 0.2) is 12.2 Å². The SMILES string of the molecule is OC[C@]12CC=C[C@@]1(CO)[C@@H]1CC[C@H]2C1. The lowest BCUT2D eigenvalue weighted by atomic mass is 9.58. The number of aliphatic hydroxyl groups is 2. The molecule has 0 aromatic carbocycles. The van der Waals surface area contributed by atoms with Crippen LogP contribution in [0, 0.1) is 22.7 Å². The summed E-state index contributed by atoms with van der Waals surface area (Å²) in [5, 5.41) is 19.4. The maximum absolute atomic E-state index is 9.69. The average Bonchev–Trinajstić information content (AvgIpc) is 2.88. The third kappa shape index (κ3) is 0.695. The number of hydrogen-bond acceptors (Lipinski definition) is 2. The summed E-state index contributed by atoms with van der Waals surface area (Å²) in [6.45, 7) is 0.479. The molecule has 14 heavy (non-hydrogen) atoms. The first-order valence-electron chi connectivity index (χ1n) is 5.68. The Labute approximate surface area is 84.6 Å². The third-order valence-electron chi connectivity index (χ3n) is 5.31. The average molecular weight is 194 g/mol. The molecule has 2 fully saturated rings. The molecule has 78 valence electrons. The maximum atomic E-state index is 9.69. The fourth-order valence-corrected chi connectivity index (χ4v) is 4.56. The van der Waals surface area contributed by atoms with Crippen LogP contribution in [0.4, 0.5) is 0 Å². The predicted octanol–water partition coefficient (Wildman–Crippen LogP) is 1.33. The maximum Gasteiger partial charge on any atom is 0.0531 e. The Morgan fingerprint density at radius 3 is 2.57 bits per heavy atom. The first-order valence-corrected chi connectivity index (χ1v) is 5.68. The van der Waals surface area contributed by atoms with E-state index < -0.39 is 0 Å². The van der Waals surface area contributed by atoms with E-state index in [4.69, 9.17) is 0 Å². The summed E-state index contributed by atoms with van der Waals surface area (Å²) in [4.78, 5) is 0. The molecule has 4 atom stereocenters. The minimum Gasteiger partial charge on any atom is -0.396 e. The van der Waals surface area contributed by atoms with E-state index in [1.165, 1.54) is 19.3 Å². The fraction of sp³-hybridized carbons (Fsp3) is 0.833.